The Bertz CT molecular complexity index is 471. The van der Waals surface area contributed by atoms with Gasteiger partial charge in [-0.05, 0) is 31.2 Å². The number of rotatable bonds is 4. The van der Waals surface area contributed by atoms with Gasteiger partial charge in [0, 0.05) is 12.1 Å². The van der Waals surface area contributed by atoms with Gasteiger partial charge in [0.2, 0.25) is 0 Å². The molecule has 2 rings (SSSR count). The van der Waals surface area contributed by atoms with Crippen molar-refractivity contribution in [1.82, 2.24) is 10.2 Å². The van der Waals surface area contributed by atoms with Gasteiger partial charge in [-0.3, -0.25) is 0 Å². The van der Waals surface area contributed by atoms with E-state index in [0.717, 1.165) is 36.9 Å². The summed E-state index contributed by atoms with van der Waals surface area (Å²) in [6.45, 7) is 4.07. The van der Waals surface area contributed by atoms with Crippen LogP contribution in [0.5, 0.6) is 0 Å². The zero-order chi connectivity index (χ0) is 13.1. The first kappa shape index (κ1) is 12.8. The molecule has 96 valence electrons. The van der Waals surface area contributed by atoms with Crippen molar-refractivity contribution in [2.45, 2.75) is 51.6 Å². The third kappa shape index (κ3) is 2.29. The number of anilines is 1. The summed E-state index contributed by atoms with van der Waals surface area (Å²) in [5.74, 6) is 0.614. The summed E-state index contributed by atoms with van der Waals surface area (Å²) in [5, 5.41) is 21.0. The number of aryl methyl sites for hydroxylation is 1. The summed E-state index contributed by atoms with van der Waals surface area (Å²) in [5.41, 5.74) is 8.33. The van der Waals surface area contributed by atoms with Crippen molar-refractivity contribution >= 4 is 5.82 Å². The number of nitrogens with two attached hydrogens (primary N) is 1. The Morgan fingerprint density at radius 2 is 2.06 bits per heavy atom. The molecule has 1 aromatic rings. The number of hydrogen-bond donors (Lipinski definition) is 2. The summed E-state index contributed by atoms with van der Waals surface area (Å²) >= 11 is 0. The molecule has 0 bridgehead atoms. The standard InChI is InChI=1S/C13H19N5/c1-3-10-11(7-14)13(18-17-12(10)4-2)16-9-5-8(15)6-9/h8-9H,3-6,15H2,1-2H3,(H,16,18). The molecule has 0 saturated heterocycles. The first-order chi connectivity index (χ1) is 8.69. The third-order valence-corrected chi connectivity index (χ3v) is 3.47. The van der Waals surface area contributed by atoms with Crippen molar-refractivity contribution in [2.75, 3.05) is 5.32 Å². The van der Waals surface area contributed by atoms with Gasteiger partial charge in [-0.2, -0.15) is 10.4 Å². The molecular weight excluding hydrogens is 226 g/mol. The van der Waals surface area contributed by atoms with Gasteiger partial charge in [-0.1, -0.05) is 13.8 Å². The zero-order valence-electron chi connectivity index (χ0n) is 10.9. The van der Waals surface area contributed by atoms with Gasteiger partial charge in [0.05, 0.1) is 5.69 Å². The SMILES string of the molecule is CCc1nnc(NC2CC(N)C2)c(C#N)c1CC. The van der Waals surface area contributed by atoms with E-state index in [1.165, 1.54) is 0 Å². The predicted octanol–water partition coefficient (Wildman–Crippen LogP) is 1.37. The van der Waals surface area contributed by atoms with Crippen LogP contribution < -0.4 is 11.1 Å². The number of nitriles is 1. The van der Waals surface area contributed by atoms with Crippen LogP contribution in [0.4, 0.5) is 5.82 Å². The monoisotopic (exact) mass is 245 g/mol. The third-order valence-electron chi connectivity index (χ3n) is 3.47. The van der Waals surface area contributed by atoms with Crippen molar-refractivity contribution in [3.63, 3.8) is 0 Å². The van der Waals surface area contributed by atoms with Crippen molar-refractivity contribution in [1.29, 1.82) is 5.26 Å². The van der Waals surface area contributed by atoms with Crippen LogP contribution in [0.2, 0.25) is 0 Å². The molecule has 0 aromatic carbocycles. The van der Waals surface area contributed by atoms with Crippen molar-refractivity contribution < 1.29 is 0 Å². The van der Waals surface area contributed by atoms with E-state index in [1.807, 2.05) is 13.8 Å². The molecule has 1 aromatic heterocycles. The van der Waals surface area contributed by atoms with Gasteiger partial charge < -0.3 is 11.1 Å². The van der Waals surface area contributed by atoms with Crippen molar-refractivity contribution in [3.8, 4) is 6.07 Å². The lowest BCUT2D eigenvalue weighted by atomic mass is 9.87. The predicted molar refractivity (Wildman–Crippen MR) is 70.1 cm³/mol. The maximum absolute atomic E-state index is 9.32. The fourth-order valence-corrected chi connectivity index (χ4v) is 2.37. The smallest absolute Gasteiger partial charge is 0.167 e. The van der Waals surface area contributed by atoms with E-state index in [0.29, 0.717) is 17.4 Å². The Morgan fingerprint density at radius 1 is 1.33 bits per heavy atom. The van der Waals surface area contributed by atoms with E-state index >= 15 is 0 Å². The quantitative estimate of drug-likeness (QED) is 0.836. The van der Waals surface area contributed by atoms with Crippen LogP contribution in [0.15, 0.2) is 0 Å². The summed E-state index contributed by atoms with van der Waals surface area (Å²) in [7, 11) is 0. The highest BCUT2D eigenvalue weighted by atomic mass is 15.2. The van der Waals surface area contributed by atoms with Crippen LogP contribution in [0, 0.1) is 11.3 Å². The lowest BCUT2D eigenvalue weighted by molar-refractivity contribution is 0.372. The molecular formula is C13H19N5. The van der Waals surface area contributed by atoms with Crippen LogP contribution in [0.1, 0.15) is 43.5 Å². The molecule has 1 fully saturated rings. The van der Waals surface area contributed by atoms with Gasteiger partial charge in [0.25, 0.3) is 0 Å². The minimum Gasteiger partial charge on any atom is -0.365 e. The van der Waals surface area contributed by atoms with Crippen LogP contribution in [-0.4, -0.2) is 22.3 Å². The van der Waals surface area contributed by atoms with E-state index in [1.54, 1.807) is 0 Å². The van der Waals surface area contributed by atoms with Crippen LogP contribution >= 0.6 is 0 Å². The Hall–Kier alpha value is -1.67. The number of nitrogens with zero attached hydrogens (tertiary/aromatic N) is 3. The number of aromatic nitrogens is 2. The molecule has 1 heterocycles. The molecule has 0 spiro atoms. The van der Waals surface area contributed by atoms with Gasteiger partial charge in [-0.25, -0.2) is 0 Å². The topological polar surface area (TPSA) is 87.6 Å². The maximum atomic E-state index is 9.32. The lowest BCUT2D eigenvalue weighted by Gasteiger charge is -2.33. The Labute approximate surface area is 107 Å². The molecule has 0 radical (unpaired) electrons. The second kappa shape index (κ2) is 5.32. The van der Waals surface area contributed by atoms with Gasteiger partial charge >= 0.3 is 0 Å². The maximum Gasteiger partial charge on any atom is 0.167 e. The van der Waals surface area contributed by atoms with Crippen LogP contribution in [0.3, 0.4) is 0 Å². The van der Waals surface area contributed by atoms with E-state index in [2.05, 4.69) is 21.6 Å². The highest BCUT2D eigenvalue weighted by molar-refractivity contribution is 5.57. The number of nitrogens with one attached hydrogen (secondary N) is 1. The van der Waals surface area contributed by atoms with E-state index < -0.39 is 0 Å². The van der Waals surface area contributed by atoms with E-state index in [9.17, 15) is 5.26 Å². The molecule has 1 aliphatic carbocycles. The molecule has 0 unspecified atom stereocenters. The molecule has 1 saturated carbocycles. The van der Waals surface area contributed by atoms with Crippen LogP contribution in [-0.2, 0) is 12.8 Å². The molecule has 0 amide bonds. The van der Waals surface area contributed by atoms with Gasteiger partial charge in [-0.15, -0.1) is 5.10 Å². The summed E-state index contributed by atoms with van der Waals surface area (Å²) in [4.78, 5) is 0. The number of hydrogen-bond acceptors (Lipinski definition) is 5. The minimum absolute atomic E-state index is 0.279. The molecule has 0 aliphatic heterocycles. The summed E-state index contributed by atoms with van der Waals surface area (Å²) < 4.78 is 0. The molecule has 3 N–H and O–H groups in total. The molecule has 1 aliphatic rings. The van der Waals surface area contributed by atoms with Crippen LogP contribution in [0.25, 0.3) is 0 Å². The van der Waals surface area contributed by atoms with E-state index in [4.69, 9.17) is 5.73 Å². The average molecular weight is 245 g/mol. The Kier molecular flexibility index (Phi) is 3.78. The molecule has 5 nitrogen and oxygen atoms in total. The zero-order valence-corrected chi connectivity index (χ0v) is 10.9. The highest BCUT2D eigenvalue weighted by Crippen LogP contribution is 2.25. The Morgan fingerprint density at radius 3 is 2.56 bits per heavy atom. The van der Waals surface area contributed by atoms with Gasteiger partial charge in [0.15, 0.2) is 5.82 Å². The highest BCUT2D eigenvalue weighted by Gasteiger charge is 2.27. The fraction of sp³-hybridized carbons (Fsp3) is 0.615. The normalized spacial score (nSPS) is 22.1. The molecule has 0 atom stereocenters. The van der Waals surface area contributed by atoms with Gasteiger partial charge in [0.1, 0.15) is 11.6 Å². The molecule has 18 heavy (non-hydrogen) atoms. The summed E-state index contributed by atoms with van der Waals surface area (Å²) in [6, 6.07) is 2.87. The fourth-order valence-electron chi connectivity index (χ4n) is 2.37. The first-order valence-corrected chi connectivity index (χ1v) is 6.50. The largest absolute Gasteiger partial charge is 0.365 e. The van der Waals surface area contributed by atoms with Crippen molar-refractivity contribution in [3.05, 3.63) is 16.8 Å². The second-order valence-electron chi connectivity index (χ2n) is 4.74. The average Bonchev–Trinajstić information content (AvgIpc) is 2.35. The second-order valence-corrected chi connectivity index (χ2v) is 4.74. The molecule has 5 heteroatoms. The van der Waals surface area contributed by atoms with Crippen molar-refractivity contribution in [2.24, 2.45) is 5.73 Å². The summed E-state index contributed by atoms with van der Waals surface area (Å²) in [6.07, 6.45) is 3.48. The lowest BCUT2D eigenvalue weighted by Crippen LogP contribution is -2.44. The Balaban J connectivity index is 2.27. The van der Waals surface area contributed by atoms with E-state index in [-0.39, 0.29) is 6.04 Å². The first-order valence-electron chi connectivity index (χ1n) is 6.50. The minimum atomic E-state index is 0.279.